The van der Waals surface area contributed by atoms with E-state index in [1.165, 1.54) is 32.1 Å². The molecule has 1 saturated heterocycles. The molecule has 0 spiro atoms. The molecule has 1 fully saturated rings. The van der Waals surface area contributed by atoms with Crippen molar-refractivity contribution in [1.29, 1.82) is 0 Å². The van der Waals surface area contributed by atoms with Crippen LogP contribution < -0.4 is 0 Å². The van der Waals surface area contributed by atoms with Gasteiger partial charge >= 0.3 is 5.97 Å². The van der Waals surface area contributed by atoms with Crippen LogP contribution in [0.1, 0.15) is 71.6 Å². The van der Waals surface area contributed by atoms with E-state index in [0.717, 1.165) is 25.2 Å². The zero-order valence-electron chi connectivity index (χ0n) is 16.0. The van der Waals surface area contributed by atoms with Gasteiger partial charge in [0.15, 0.2) is 6.29 Å². The molecule has 0 aromatic carbocycles. The first-order chi connectivity index (χ1) is 12.3. The molecule has 26 heavy (non-hydrogen) atoms. The molecule has 7 heteroatoms. The summed E-state index contributed by atoms with van der Waals surface area (Å²) in [6.45, 7) is 4.22. The molecular weight excluding hydrogens is 340 g/mol. The lowest BCUT2D eigenvalue weighted by molar-refractivity contribution is -0.287. The van der Waals surface area contributed by atoms with Gasteiger partial charge in [-0.1, -0.05) is 58.8 Å². The Balaban J connectivity index is 2.03. The molecule has 0 aliphatic carbocycles. The van der Waals surface area contributed by atoms with Crippen LogP contribution in [0, 0.1) is 5.92 Å². The lowest BCUT2D eigenvalue weighted by atomic mass is 9.99. The minimum Gasteiger partial charge on any atom is -0.463 e. The van der Waals surface area contributed by atoms with E-state index in [9.17, 15) is 25.2 Å². The summed E-state index contributed by atoms with van der Waals surface area (Å²) in [6.07, 6.45) is 2.21. The maximum absolute atomic E-state index is 11.7. The molecule has 1 aliphatic rings. The molecule has 154 valence electrons. The zero-order chi connectivity index (χ0) is 19.5. The first-order valence-corrected chi connectivity index (χ1v) is 9.86. The van der Waals surface area contributed by atoms with Crippen molar-refractivity contribution < 1.29 is 34.7 Å². The molecule has 0 amide bonds. The van der Waals surface area contributed by atoms with Crippen LogP contribution in [0.3, 0.4) is 0 Å². The number of carbonyl (C=O) groups excluding carboxylic acids is 1. The Bertz CT molecular complexity index is 388. The summed E-state index contributed by atoms with van der Waals surface area (Å²) in [5.74, 6) is 0.380. The van der Waals surface area contributed by atoms with Gasteiger partial charge in [-0.05, 0) is 12.3 Å². The third-order valence-corrected chi connectivity index (χ3v) is 4.76. The number of unbranched alkanes of at least 4 members (excludes halogenated alkanes) is 6. The van der Waals surface area contributed by atoms with Gasteiger partial charge in [-0.2, -0.15) is 0 Å². The second-order valence-corrected chi connectivity index (χ2v) is 7.63. The van der Waals surface area contributed by atoms with E-state index in [1.54, 1.807) is 0 Å². The predicted octanol–water partition coefficient (Wildman–Crippen LogP) is 1.50. The zero-order valence-corrected chi connectivity index (χ0v) is 16.0. The van der Waals surface area contributed by atoms with Crippen molar-refractivity contribution in [1.82, 2.24) is 0 Å². The quantitative estimate of drug-likeness (QED) is 0.301. The molecule has 0 aromatic heterocycles. The van der Waals surface area contributed by atoms with E-state index in [1.807, 2.05) is 0 Å². The van der Waals surface area contributed by atoms with Crippen LogP contribution in [-0.4, -0.2) is 63.7 Å². The van der Waals surface area contributed by atoms with Crippen LogP contribution >= 0.6 is 0 Å². The van der Waals surface area contributed by atoms with E-state index in [-0.39, 0.29) is 6.61 Å². The summed E-state index contributed by atoms with van der Waals surface area (Å²) < 4.78 is 9.99. The molecule has 0 saturated carbocycles. The Hall–Kier alpha value is -0.730. The van der Waals surface area contributed by atoms with Crippen LogP contribution in [0.4, 0.5) is 0 Å². The van der Waals surface area contributed by atoms with Gasteiger partial charge < -0.3 is 29.9 Å². The van der Waals surface area contributed by atoms with Gasteiger partial charge in [-0.15, -0.1) is 0 Å². The summed E-state index contributed by atoms with van der Waals surface area (Å²) in [6, 6.07) is 0. The number of carbonyl (C=O) groups is 1. The van der Waals surface area contributed by atoms with Crippen LogP contribution in [-0.2, 0) is 14.3 Å². The first kappa shape index (κ1) is 23.3. The highest BCUT2D eigenvalue weighted by Gasteiger charge is 2.43. The summed E-state index contributed by atoms with van der Waals surface area (Å²) in [5, 5.41) is 38.1. The molecular formula is C19H36O7. The number of hydrogen-bond donors (Lipinski definition) is 4. The third-order valence-electron chi connectivity index (χ3n) is 4.76. The normalized spacial score (nSPS) is 29.1. The predicted molar refractivity (Wildman–Crippen MR) is 96.3 cm³/mol. The van der Waals surface area contributed by atoms with Crippen molar-refractivity contribution in [2.45, 2.75) is 102 Å². The van der Waals surface area contributed by atoms with Crippen molar-refractivity contribution in [2.75, 3.05) is 6.61 Å². The summed E-state index contributed by atoms with van der Waals surface area (Å²) in [5.41, 5.74) is 0. The van der Waals surface area contributed by atoms with E-state index in [2.05, 4.69) is 13.8 Å². The van der Waals surface area contributed by atoms with E-state index < -0.39 is 36.7 Å². The number of ether oxygens (including phenoxy) is 2. The molecule has 0 radical (unpaired) electrons. The Kier molecular flexibility index (Phi) is 11.3. The fourth-order valence-corrected chi connectivity index (χ4v) is 3.02. The second-order valence-electron chi connectivity index (χ2n) is 7.63. The number of aliphatic hydroxyl groups excluding tert-OH is 4. The molecule has 1 aliphatic heterocycles. The SMILES string of the molecule is CC(C)CCCCCCCCCC(=O)OC[C@H]1OC(O)[C@H](O)[C@@H](O)[C@@H]1O. The lowest BCUT2D eigenvalue weighted by Gasteiger charge is -2.37. The fraction of sp³-hybridized carbons (Fsp3) is 0.947. The highest BCUT2D eigenvalue weighted by Crippen LogP contribution is 2.20. The number of hydrogen-bond acceptors (Lipinski definition) is 7. The van der Waals surface area contributed by atoms with Gasteiger partial charge in [-0.3, -0.25) is 4.79 Å². The Morgan fingerprint density at radius 2 is 1.46 bits per heavy atom. The van der Waals surface area contributed by atoms with Gasteiger partial charge in [0.2, 0.25) is 0 Å². The number of aliphatic hydroxyl groups is 4. The van der Waals surface area contributed by atoms with E-state index >= 15 is 0 Å². The van der Waals surface area contributed by atoms with Crippen molar-refractivity contribution in [3.05, 3.63) is 0 Å². The smallest absolute Gasteiger partial charge is 0.305 e. The van der Waals surface area contributed by atoms with Crippen molar-refractivity contribution in [2.24, 2.45) is 5.92 Å². The van der Waals surface area contributed by atoms with Gasteiger partial charge in [-0.25, -0.2) is 0 Å². The van der Waals surface area contributed by atoms with Crippen molar-refractivity contribution in [3.63, 3.8) is 0 Å². The number of rotatable bonds is 12. The lowest BCUT2D eigenvalue weighted by Crippen LogP contribution is -2.58. The summed E-state index contributed by atoms with van der Waals surface area (Å²) >= 11 is 0. The third kappa shape index (κ3) is 8.77. The maximum Gasteiger partial charge on any atom is 0.305 e. The van der Waals surface area contributed by atoms with Gasteiger partial charge in [0, 0.05) is 6.42 Å². The Morgan fingerprint density at radius 3 is 2.08 bits per heavy atom. The van der Waals surface area contributed by atoms with Crippen molar-refractivity contribution in [3.8, 4) is 0 Å². The first-order valence-electron chi connectivity index (χ1n) is 9.86. The van der Waals surface area contributed by atoms with E-state index in [4.69, 9.17) is 9.47 Å². The van der Waals surface area contributed by atoms with E-state index in [0.29, 0.717) is 6.42 Å². The maximum atomic E-state index is 11.7. The average Bonchev–Trinajstić information content (AvgIpc) is 2.60. The molecule has 1 rings (SSSR count). The Morgan fingerprint density at radius 1 is 0.885 bits per heavy atom. The van der Waals surface area contributed by atoms with Crippen LogP contribution in [0.15, 0.2) is 0 Å². The molecule has 0 aromatic rings. The highest BCUT2D eigenvalue weighted by molar-refractivity contribution is 5.69. The Labute approximate surface area is 156 Å². The molecule has 5 atom stereocenters. The summed E-state index contributed by atoms with van der Waals surface area (Å²) in [7, 11) is 0. The molecule has 0 bridgehead atoms. The second kappa shape index (κ2) is 12.6. The molecule has 1 heterocycles. The topological polar surface area (TPSA) is 116 Å². The van der Waals surface area contributed by atoms with Crippen LogP contribution in [0.2, 0.25) is 0 Å². The fourth-order valence-electron chi connectivity index (χ4n) is 3.02. The van der Waals surface area contributed by atoms with Gasteiger partial charge in [0.25, 0.3) is 0 Å². The number of esters is 1. The van der Waals surface area contributed by atoms with Crippen molar-refractivity contribution >= 4 is 5.97 Å². The van der Waals surface area contributed by atoms with Crippen LogP contribution in [0.5, 0.6) is 0 Å². The standard InChI is InChI=1S/C19H36O7/c1-13(2)10-8-6-4-3-5-7-9-11-15(20)25-12-14-16(21)17(22)18(23)19(24)26-14/h13-14,16-19,21-24H,3-12H2,1-2H3/t14-,16-,17+,18-,19?/m1/s1. The summed E-state index contributed by atoms with van der Waals surface area (Å²) in [4.78, 5) is 11.7. The highest BCUT2D eigenvalue weighted by atomic mass is 16.6. The van der Waals surface area contributed by atoms with Gasteiger partial charge in [0.05, 0.1) is 0 Å². The minimum absolute atomic E-state index is 0.267. The molecule has 7 nitrogen and oxygen atoms in total. The largest absolute Gasteiger partial charge is 0.463 e. The monoisotopic (exact) mass is 376 g/mol. The minimum atomic E-state index is -1.61. The van der Waals surface area contributed by atoms with Crippen LogP contribution in [0.25, 0.3) is 0 Å². The molecule has 4 N–H and O–H groups in total. The molecule has 1 unspecified atom stereocenters. The van der Waals surface area contributed by atoms with Gasteiger partial charge in [0.1, 0.15) is 31.0 Å². The average molecular weight is 376 g/mol.